The van der Waals surface area contributed by atoms with Crippen molar-refractivity contribution in [3.05, 3.63) is 0 Å². The summed E-state index contributed by atoms with van der Waals surface area (Å²) in [5.41, 5.74) is -1.11. The lowest BCUT2D eigenvalue weighted by Crippen LogP contribution is -2.42. The van der Waals surface area contributed by atoms with E-state index in [-0.39, 0.29) is 6.54 Å². The van der Waals surface area contributed by atoms with Crippen molar-refractivity contribution in [3.8, 4) is 0 Å². The van der Waals surface area contributed by atoms with Gasteiger partial charge in [0.05, 0.1) is 5.60 Å². The number of carbonyl (C=O) groups is 1. The monoisotopic (exact) mass is 181 g/mol. The lowest BCUT2D eigenvalue weighted by molar-refractivity contribution is -0.132. The van der Waals surface area contributed by atoms with Crippen LogP contribution in [-0.4, -0.2) is 29.6 Å². The minimum absolute atomic E-state index is 0.146. The number of halogens is 2. The second-order valence-electron chi connectivity index (χ2n) is 2.87. The van der Waals surface area contributed by atoms with Gasteiger partial charge in [0.1, 0.15) is 0 Å². The van der Waals surface area contributed by atoms with E-state index in [1.165, 1.54) is 6.92 Å². The van der Waals surface area contributed by atoms with Crippen molar-refractivity contribution in [2.45, 2.75) is 32.3 Å². The number of nitrogens with one attached hydrogen (secondary N) is 1. The number of alkyl halides is 2. The standard InChI is InChI=1S/C7H13F2NO2/c1-3-7(2,12)4-10-6(11)5(8)9/h5,12H,3-4H2,1-2H3,(H,10,11). The second kappa shape index (κ2) is 4.35. The highest BCUT2D eigenvalue weighted by molar-refractivity contribution is 5.79. The Balaban J connectivity index is 3.76. The van der Waals surface area contributed by atoms with E-state index < -0.39 is 17.9 Å². The Morgan fingerprint density at radius 3 is 2.50 bits per heavy atom. The second-order valence-corrected chi connectivity index (χ2v) is 2.87. The average Bonchev–Trinajstić information content (AvgIpc) is 2.00. The van der Waals surface area contributed by atoms with E-state index in [2.05, 4.69) is 0 Å². The first kappa shape index (κ1) is 11.3. The first-order chi connectivity index (χ1) is 5.39. The fraction of sp³-hybridized carbons (Fsp3) is 0.857. The largest absolute Gasteiger partial charge is 0.388 e. The number of amides is 1. The summed E-state index contributed by atoms with van der Waals surface area (Å²) < 4.78 is 23.2. The van der Waals surface area contributed by atoms with Gasteiger partial charge in [-0.05, 0) is 13.3 Å². The molecule has 1 atom stereocenters. The van der Waals surface area contributed by atoms with Crippen LogP contribution < -0.4 is 5.32 Å². The SMILES string of the molecule is CCC(C)(O)CNC(=O)C(F)F. The van der Waals surface area contributed by atoms with Gasteiger partial charge in [-0.3, -0.25) is 4.79 Å². The van der Waals surface area contributed by atoms with E-state index in [0.29, 0.717) is 6.42 Å². The van der Waals surface area contributed by atoms with E-state index in [0.717, 1.165) is 0 Å². The number of hydrogen-bond acceptors (Lipinski definition) is 2. The molecule has 72 valence electrons. The molecule has 0 saturated carbocycles. The van der Waals surface area contributed by atoms with Gasteiger partial charge in [0.2, 0.25) is 0 Å². The van der Waals surface area contributed by atoms with Gasteiger partial charge in [0.15, 0.2) is 0 Å². The first-order valence-electron chi connectivity index (χ1n) is 3.67. The number of rotatable bonds is 4. The fourth-order valence-corrected chi connectivity index (χ4v) is 0.480. The summed E-state index contributed by atoms with van der Waals surface area (Å²) in [6.07, 6.45) is -2.62. The van der Waals surface area contributed by atoms with Gasteiger partial charge in [0.25, 0.3) is 5.91 Å². The molecule has 0 bridgehead atoms. The molecule has 3 nitrogen and oxygen atoms in total. The fourth-order valence-electron chi connectivity index (χ4n) is 0.480. The van der Waals surface area contributed by atoms with Crippen molar-refractivity contribution in [2.24, 2.45) is 0 Å². The highest BCUT2D eigenvalue weighted by Crippen LogP contribution is 2.06. The molecule has 0 fully saturated rings. The highest BCUT2D eigenvalue weighted by Gasteiger charge is 2.21. The minimum atomic E-state index is -3.02. The number of aliphatic hydroxyl groups is 1. The summed E-state index contributed by atoms with van der Waals surface area (Å²) in [6.45, 7) is 3.03. The van der Waals surface area contributed by atoms with Crippen LogP contribution >= 0.6 is 0 Å². The van der Waals surface area contributed by atoms with Crippen molar-refractivity contribution in [3.63, 3.8) is 0 Å². The summed E-state index contributed by atoms with van der Waals surface area (Å²) in [5.74, 6) is -1.34. The molecule has 0 aromatic carbocycles. The summed E-state index contributed by atoms with van der Waals surface area (Å²) in [4.78, 5) is 10.3. The van der Waals surface area contributed by atoms with Crippen LogP contribution in [0.2, 0.25) is 0 Å². The zero-order chi connectivity index (χ0) is 9.78. The van der Waals surface area contributed by atoms with Crippen LogP contribution in [0.25, 0.3) is 0 Å². The molecule has 12 heavy (non-hydrogen) atoms. The molecule has 0 aliphatic carbocycles. The Hall–Kier alpha value is -0.710. The molecule has 0 aromatic heterocycles. The molecule has 2 N–H and O–H groups in total. The van der Waals surface area contributed by atoms with E-state index in [1.54, 1.807) is 6.92 Å². The van der Waals surface area contributed by atoms with Crippen LogP contribution in [0.3, 0.4) is 0 Å². The first-order valence-corrected chi connectivity index (χ1v) is 3.67. The van der Waals surface area contributed by atoms with Gasteiger partial charge >= 0.3 is 6.43 Å². The number of carbonyl (C=O) groups excluding carboxylic acids is 1. The molecule has 0 saturated heterocycles. The molecule has 1 amide bonds. The van der Waals surface area contributed by atoms with Crippen LogP contribution in [0.4, 0.5) is 8.78 Å². The predicted octanol–water partition coefficient (Wildman–Crippen LogP) is 0.529. The van der Waals surface area contributed by atoms with Gasteiger partial charge in [-0.1, -0.05) is 6.92 Å². The molecule has 1 unspecified atom stereocenters. The minimum Gasteiger partial charge on any atom is -0.388 e. The summed E-state index contributed by atoms with van der Waals surface area (Å²) in [7, 11) is 0. The Morgan fingerprint density at radius 2 is 2.17 bits per heavy atom. The zero-order valence-corrected chi connectivity index (χ0v) is 7.10. The highest BCUT2D eigenvalue weighted by atomic mass is 19.3. The quantitative estimate of drug-likeness (QED) is 0.664. The van der Waals surface area contributed by atoms with Crippen LogP contribution in [0.15, 0.2) is 0 Å². The summed E-state index contributed by atoms with van der Waals surface area (Å²) in [6, 6.07) is 0. The van der Waals surface area contributed by atoms with Crippen molar-refractivity contribution in [1.82, 2.24) is 5.32 Å². The maximum atomic E-state index is 11.6. The van der Waals surface area contributed by atoms with Crippen LogP contribution in [0.1, 0.15) is 20.3 Å². The molecule has 0 aromatic rings. The Bertz CT molecular complexity index is 159. The van der Waals surface area contributed by atoms with Crippen molar-refractivity contribution in [1.29, 1.82) is 0 Å². The maximum absolute atomic E-state index is 11.6. The molecule has 0 aliphatic heterocycles. The molecule has 0 heterocycles. The lowest BCUT2D eigenvalue weighted by atomic mass is 10.0. The molecule has 0 aliphatic rings. The van der Waals surface area contributed by atoms with E-state index in [4.69, 9.17) is 0 Å². The number of hydrogen-bond donors (Lipinski definition) is 2. The van der Waals surface area contributed by atoms with Crippen LogP contribution in [0.5, 0.6) is 0 Å². The molecular formula is C7H13F2NO2. The molecular weight excluding hydrogens is 168 g/mol. The smallest absolute Gasteiger partial charge is 0.315 e. The van der Waals surface area contributed by atoms with E-state index in [1.807, 2.05) is 5.32 Å². The third-order valence-electron chi connectivity index (χ3n) is 1.60. The Labute approximate surface area is 69.8 Å². The predicted molar refractivity (Wildman–Crippen MR) is 39.9 cm³/mol. The molecule has 0 rings (SSSR count). The third-order valence-corrected chi connectivity index (χ3v) is 1.60. The van der Waals surface area contributed by atoms with E-state index in [9.17, 15) is 18.7 Å². The normalized spacial score (nSPS) is 15.8. The van der Waals surface area contributed by atoms with Crippen LogP contribution in [0, 0.1) is 0 Å². The zero-order valence-electron chi connectivity index (χ0n) is 7.10. The topological polar surface area (TPSA) is 49.3 Å². The van der Waals surface area contributed by atoms with Gasteiger partial charge in [-0.15, -0.1) is 0 Å². The van der Waals surface area contributed by atoms with Crippen LogP contribution in [-0.2, 0) is 4.79 Å². The van der Waals surface area contributed by atoms with Gasteiger partial charge in [-0.2, -0.15) is 8.78 Å². The Kier molecular flexibility index (Phi) is 4.09. The Morgan fingerprint density at radius 1 is 1.67 bits per heavy atom. The maximum Gasteiger partial charge on any atom is 0.315 e. The third kappa shape index (κ3) is 4.23. The lowest BCUT2D eigenvalue weighted by Gasteiger charge is -2.21. The van der Waals surface area contributed by atoms with Crippen molar-refractivity contribution in [2.75, 3.05) is 6.54 Å². The van der Waals surface area contributed by atoms with Gasteiger partial charge < -0.3 is 10.4 Å². The molecule has 0 spiro atoms. The van der Waals surface area contributed by atoms with Gasteiger partial charge in [-0.25, -0.2) is 0 Å². The molecule has 0 radical (unpaired) electrons. The van der Waals surface area contributed by atoms with Crippen molar-refractivity contribution < 1.29 is 18.7 Å². The van der Waals surface area contributed by atoms with Gasteiger partial charge in [0, 0.05) is 6.54 Å². The summed E-state index contributed by atoms with van der Waals surface area (Å²) in [5, 5.41) is 11.2. The molecule has 5 heteroatoms. The van der Waals surface area contributed by atoms with Crippen molar-refractivity contribution >= 4 is 5.91 Å². The average molecular weight is 181 g/mol. The van der Waals surface area contributed by atoms with E-state index >= 15 is 0 Å². The summed E-state index contributed by atoms with van der Waals surface area (Å²) >= 11 is 0.